The van der Waals surface area contributed by atoms with Crippen molar-refractivity contribution in [2.75, 3.05) is 7.11 Å². The van der Waals surface area contributed by atoms with Crippen LogP contribution in [0.2, 0.25) is 0 Å². The van der Waals surface area contributed by atoms with E-state index >= 15 is 0 Å². The van der Waals surface area contributed by atoms with Crippen molar-refractivity contribution < 1.29 is 4.74 Å². The minimum atomic E-state index is 0.447. The fourth-order valence-corrected chi connectivity index (χ4v) is 1.63. The summed E-state index contributed by atoms with van der Waals surface area (Å²) in [5.74, 6) is 1.24. The zero-order valence-corrected chi connectivity index (χ0v) is 11.1. The largest absolute Gasteiger partial charge is 0.496 e. The monoisotopic (exact) mass is 252 g/mol. The lowest BCUT2D eigenvalue weighted by Gasteiger charge is -2.08. The lowest BCUT2D eigenvalue weighted by atomic mass is 10.2. The first-order valence-electron chi connectivity index (χ1n) is 5.58. The van der Waals surface area contributed by atoms with Gasteiger partial charge in [0.25, 0.3) is 0 Å². The Morgan fingerprint density at radius 1 is 1.35 bits per heavy atom. The van der Waals surface area contributed by atoms with Gasteiger partial charge < -0.3 is 4.74 Å². The Balaban J connectivity index is 0.000000686. The molecule has 92 valence electrons. The normalized spacial score (nSPS) is 9.41. The summed E-state index contributed by atoms with van der Waals surface area (Å²) >= 11 is 5.79. The van der Waals surface area contributed by atoms with E-state index in [0.717, 1.165) is 17.0 Å². The van der Waals surface area contributed by atoms with Gasteiger partial charge >= 0.3 is 0 Å². The van der Waals surface area contributed by atoms with Crippen LogP contribution in [0.4, 0.5) is 0 Å². The molecular formula is C13H17ClN2O. The van der Waals surface area contributed by atoms with Crippen molar-refractivity contribution >= 4 is 11.6 Å². The summed E-state index contributed by atoms with van der Waals surface area (Å²) < 4.78 is 7.03. The Morgan fingerprint density at radius 3 is 2.65 bits per heavy atom. The van der Waals surface area contributed by atoms with Crippen LogP contribution in [-0.4, -0.2) is 16.9 Å². The lowest BCUT2D eigenvalue weighted by Crippen LogP contribution is -1.97. The third-order valence-corrected chi connectivity index (χ3v) is 2.47. The van der Waals surface area contributed by atoms with Gasteiger partial charge in [-0.3, -0.25) is 0 Å². The highest BCUT2D eigenvalue weighted by Crippen LogP contribution is 2.23. The Hall–Kier alpha value is -1.48. The summed E-state index contributed by atoms with van der Waals surface area (Å²) in [6.07, 6.45) is 3.62. The Morgan fingerprint density at radius 2 is 2.12 bits per heavy atom. The molecule has 0 amide bonds. The molecule has 2 rings (SSSR count). The molecule has 4 heteroatoms. The molecule has 0 saturated carbocycles. The predicted molar refractivity (Wildman–Crippen MR) is 71.0 cm³/mol. The molecule has 17 heavy (non-hydrogen) atoms. The molecule has 0 spiro atoms. The number of benzene rings is 1. The minimum Gasteiger partial charge on any atom is -0.496 e. The van der Waals surface area contributed by atoms with Crippen LogP contribution in [0.15, 0.2) is 36.7 Å². The third-order valence-electron chi connectivity index (χ3n) is 2.18. The van der Waals surface area contributed by atoms with Crippen LogP contribution in [0.5, 0.6) is 5.75 Å². The fraction of sp³-hybridized carbons (Fsp3) is 0.308. The van der Waals surface area contributed by atoms with E-state index in [4.69, 9.17) is 16.3 Å². The summed E-state index contributed by atoms with van der Waals surface area (Å²) in [6.45, 7) is 4.00. The fourth-order valence-electron chi connectivity index (χ4n) is 1.41. The number of hydrogen-bond acceptors (Lipinski definition) is 2. The van der Waals surface area contributed by atoms with Gasteiger partial charge in [-0.05, 0) is 12.1 Å². The minimum absolute atomic E-state index is 0.447. The molecule has 0 radical (unpaired) electrons. The maximum Gasteiger partial charge on any atom is 0.125 e. The van der Waals surface area contributed by atoms with Gasteiger partial charge in [-0.2, -0.15) is 5.10 Å². The molecule has 0 bridgehead atoms. The molecule has 0 aliphatic heterocycles. The van der Waals surface area contributed by atoms with Crippen molar-refractivity contribution in [2.24, 2.45) is 0 Å². The highest BCUT2D eigenvalue weighted by Gasteiger charge is 2.04. The topological polar surface area (TPSA) is 27.1 Å². The first-order valence-corrected chi connectivity index (χ1v) is 6.11. The van der Waals surface area contributed by atoms with Crippen molar-refractivity contribution in [3.05, 3.63) is 42.2 Å². The van der Waals surface area contributed by atoms with Crippen LogP contribution >= 0.6 is 11.6 Å². The zero-order chi connectivity index (χ0) is 12.7. The van der Waals surface area contributed by atoms with Crippen molar-refractivity contribution in [2.45, 2.75) is 19.7 Å². The first kappa shape index (κ1) is 13.6. The molecule has 0 fully saturated rings. The summed E-state index contributed by atoms with van der Waals surface area (Å²) in [5, 5.41) is 4.15. The van der Waals surface area contributed by atoms with E-state index in [9.17, 15) is 0 Å². The van der Waals surface area contributed by atoms with Crippen LogP contribution in [0.3, 0.4) is 0 Å². The van der Waals surface area contributed by atoms with Crippen molar-refractivity contribution in [1.29, 1.82) is 0 Å². The Bertz CT molecular complexity index is 441. The molecule has 0 N–H and O–H groups in total. The second kappa shape index (κ2) is 6.97. The summed E-state index contributed by atoms with van der Waals surface area (Å²) in [7, 11) is 1.64. The van der Waals surface area contributed by atoms with Gasteiger partial charge in [-0.1, -0.05) is 19.9 Å². The van der Waals surface area contributed by atoms with E-state index < -0.39 is 0 Å². The number of hydrogen-bond donors (Lipinski definition) is 0. The molecule has 0 saturated heterocycles. The smallest absolute Gasteiger partial charge is 0.125 e. The summed E-state index contributed by atoms with van der Waals surface area (Å²) in [4.78, 5) is 0. The third kappa shape index (κ3) is 3.24. The first-order chi connectivity index (χ1) is 8.35. The second-order valence-corrected chi connectivity index (χ2v) is 3.35. The summed E-state index contributed by atoms with van der Waals surface area (Å²) in [5.41, 5.74) is 1.95. The van der Waals surface area contributed by atoms with Crippen molar-refractivity contribution in [3.8, 4) is 11.4 Å². The Labute approximate surface area is 107 Å². The van der Waals surface area contributed by atoms with Gasteiger partial charge in [0.05, 0.1) is 18.7 Å². The number of aromatic nitrogens is 2. The van der Waals surface area contributed by atoms with E-state index in [1.54, 1.807) is 18.0 Å². The zero-order valence-electron chi connectivity index (χ0n) is 10.4. The van der Waals surface area contributed by atoms with Gasteiger partial charge in [0.2, 0.25) is 0 Å². The maximum atomic E-state index is 5.79. The van der Waals surface area contributed by atoms with Crippen molar-refractivity contribution in [1.82, 2.24) is 9.78 Å². The van der Waals surface area contributed by atoms with Crippen LogP contribution < -0.4 is 4.74 Å². The molecular weight excluding hydrogens is 236 g/mol. The SMILES string of the molecule is CC.COc1cc(-n2cccn2)ccc1CCl. The Kier molecular flexibility index (Phi) is 5.57. The quantitative estimate of drug-likeness (QED) is 0.780. The molecule has 3 nitrogen and oxygen atoms in total. The predicted octanol–water partition coefficient (Wildman–Crippen LogP) is 3.65. The number of ether oxygens (including phenoxy) is 1. The highest BCUT2D eigenvalue weighted by molar-refractivity contribution is 6.17. The molecule has 2 aromatic rings. The van der Waals surface area contributed by atoms with Crippen LogP contribution in [0.1, 0.15) is 19.4 Å². The highest BCUT2D eigenvalue weighted by atomic mass is 35.5. The molecule has 1 aromatic heterocycles. The lowest BCUT2D eigenvalue weighted by molar-refractivity contribution is 0.411. The molecule has 1 heterocycles. The van der Waals surface area contributed by atoms with E-state index in [1.165, 1.54) is 0 Å². The second-order valence-electron chi connectivity index (χ2n) is 3.08. The maximum absolute atomic E-state index is 5.79. The van der Waals surface area contributed by atoms with Gasteiger partial charge in [0.15, 0.2) is 0 Å². The summed E-state index contributed by atoms with van der Waals surface area (Å²) in [6, 6.07) is 7.71. The molecule has 1 aromatic carbocycles. The van der Waals surface area contributed by atoms with Crippen molar-refractivity contribution in [3.63, 3.8) is 0 Å². The van der Waals surface area contributed by atoms with Gasteiger partial charge in [-0.25, -0.2) is 4.68 Å². The van der Waals surface area contributed by atoms with Gasteiger partial charge in [0, 0.05) is 24.0 Å². The molecule has 0 unspecified atom stereocenters. The molecule has 0 aliphatic carbocycles. The molecule has 0 aliphatic rings. The number of alkyl halides is 1. The molecule has 0 atom stereocenters. The number of methoxy groups -OCH3 is 1. The van der Waals surface area contributed by atoms with Crippen LogP contribution in [0.25, 0.3) is 5.69 Å². The van der Waals surface area contributed by atoms with E-state index in [-0.39, 0.29) is 0 Å². The van der Waals surface area contributed by atoms with Crippen LogP contribution in [0, 0.1) is 0 Å². The number of nitrogens with zero attached hydrogens (tertiary/aromatic N) is 2. The van der Waals surface area contributed by atoms with Gasteiger partial charge in [0.1, 0.15) is 5.75 Å². The van der Waals surface area contributed by atoms with E-state index in [1.807, 2.05) is 44.3 Å². The van der Waals surface area contributed by atoms with Gasteiger partial charge in [-0.15, -0.1) is 11.6 Å². The number of rotatable bonds is 3. The van der Waals surface area contributed by atoms with Crippen LogP contribution in [-0.2, 0) is 5.88 Å². The average Bonchev–Trinajstić information content (AvgIpc) is 2.94. The standard InChI is InChI=1S/C11H11ClN2O.C2H6/c1-15-11-7-10(4-3-9(11)8-12)14-6-2-5-13-14;1-2/h2-7H,8H2,1H3;1-2H3. The van der Waals surface area contributed by atoms with E-state index in [0.29, 0.717) is 5.88 Å². The number of halogens is 1. The van der Waals surface area contributed by atoms with E-state index in [2.05, 4.69) is 5.10 Å². The average molecular weight is 253 g/mol.